The van der Waals surface area contributed by atoms with E-state index in [-0.39, 0.29) is 0 Å². The minimum Gasteiger partial charge on any atom is -0.367 e. The number of halogens is 1. The van der Waals surface area contributed by atoms with E-state index >= 15 is 0 Å². The van der Waals surface area contributed by atoms with E-state index in [0.717, 1.165) is 22.4 Å². The number of nitrogens with one attached hydrogen (secondary N) is 1. The van der Waals surface area contributed by atoms with Crippen LogP contribution in [0.3, 0.4) is 0 Å². The van der Waals surface area contributed by atoms with E-state index in [4.69, 9.17) is 17.3 Å². The third kappa shape index (κ3) is 3.05. The molecule has 0 fully saturated rings. The Hall–Kier alpha value is -0.850. The van der Waals surface area contributed by atoms with E-state index in [1.165, 1.54) is 16.4 Å². The molecule has 0 saturated heterocycles. The monoisotopic (exact) mass is 260 g/mol. The molecule has 2 heterocycles. The van der Waals surface area contributed by atoms with Gasteiger partial charge < -0.3 is 11.1 Å². The molecule has 0 saturated carbocycles. The molecule has 2 aromatic rings. The molecule has 15 heavy (non-hydrogen) atoms. The summed E-state index contributed by atoms with van der Waals surface area (Å²) in [4.78, 5) is 5.25. The van der Waals surface area contributed by atoms with Gasteiger partial charge in [-0.1, -0.05) is 11.6 Å². The van der Waals surface area contributed by atoms with Gasteiger partial charge in [0, 0.05) is 23.0 Å². The van der Waals surface area contributed by atoms with Gasteiger partial charge in [0.2, 0.25) is 11.1 Å². The largest absolute Gasteiger partial charge is 0.367 e. The molecule has 0 spiro atoms. The molecule has 2 aromatic heterocycles. The van der Waals surface area contributed by atoms with Gasteiger partial charge in [0.05, 0.1) is 4.34 Å². The molecule has 80 valence electrons. The molecule has 0 aliphatic rings. The van der Waals surface area contributed by atoms with Crippen molar-refractivity contribution in [3.63, 3.8) is 0 Å². The Kier molecular flexibility index (Phi) is 3.40. The fourth-order valence-electron chi connectivity index (χ4n) is 1.09. The zero-order chi connectivity index (χ0) is 10.7. The second kappa shape index (κ2) is 4.78. The summed E-state index contributed by atoms with van der Waals surface area (Å²) in [6, 6.07) is 3.94. The summed E-state index contributed by atoms with van der Waals surface area (Å²) < 4.78 is 4.70. The molecule has 0 amide bonds. The summed E-state index contributed by atoms with van der Waals surface area (Å²) >= 11 is 8.69. The Morgan fingerprint density at radius 2 is 2.33 bits per heavy atom. The van der Waals surface area contributed by atoms with Gasteiger partial charge in [-0.05, 0) is 18.6 Å². The van der Waals surface area contributed by atoms with Crippen molar-refractivity contribution in [2.24, 2.45) is 0 Å². The Labute approximate surface area is 100 Å². The number of aromatic nitrogens is 2. The summed E-state index contributed by atoms with van der Waals surface area (Å²) in [6.45, 7) is 0.811. The number of anilines is 2. The standard InChI is InChI=1S/C8H9ClN4S2/c9-6-2-1-5(14-6)3-4-11-8-12-7(10)13-15-8/h1-2H,3-4H2,(H3,10,11,12,13). The fourth-order valence-corrected chi connectivity index (χ4v) is 2.69. The first-order valence-corrected chi connectivity index (χ1v) is 6.28. The molecule has 3 N–H and O–H groups in total. The average molecular weight is 261 g/mol. The molecule has 0 radical (unpaired) electrons. The number of rotatable bonds is 4. The van der Waals surface area contributed by atoms with Crippen molar-refractivity contribution >= 4 is 45.6 Å². The highest BCUT2D eigenvalue weighted by molar-refractivity contribution is 7.16. The van der Waals surface area contributed by atoms with E-state index in [9.17, 15) is 0 Å². The van der Waals surface area contributed by atoms with Gasteiger partial charge in [-0.25, -0.2) is 0 Å². The highest BCUT2D eigenvalue weighted by Crippen LogP contribution is 2.21. The van der Waals surface area contributed by atoms with Crippen LogP contribution in [0.5, 0.6) is 0 Å². The average Bonchev–Trinajstić information content (AvgIpc) is 2.76. The van der Waals surface area contributed by atoms with Crippen molar-refractivity contribution in [3.05, 3.63) is 21.3 Å². The van der Waals surface area contributed by atoms with Crippen molar-refractivity contribution in [2.75, 3.05) is 17.6 Å². The van der Waals surface area contributed by atoms with Crippen LogP contribution in [0.4, 0.5) is 11.1 Å². The predicted octanol–water partition coefficient (Wildman–Crippen LogP) is 2.49. The lowest BCUT2D eigenvalue weighted by Gasteiger charge is -1.98. The smallest absolute Gasteiger partial charge is 0.233 e. The third-order valence-corrected chi connectivity index (χ3v) is 3.70. The normalized spacial score (nSPS) is 10.5. The maximum Gasteiger partial charge on any atom is 0.233 e. The zero-order valence-electron chi connectivity index (χ0n) is 7.74. The lowest BCUT2D eigenvalue weighted by molar-refractivity contribution is 1.04. The van der Waals surface area contributed by atoms with Crippen LogP contribution >= 0.6 is 34.5 Å². The predicted molar refractivity (Wildman–Crippen MR) is 65.8 cm³/mol. The molecular weight excluding hydrogens is 252 g/mol. The zero-order valence-corrected chi connectivity index (χ0v) is 10.1. The molecular formula is C8H9ClN4S2. The van der Waals surface area contributed by atoms with Crippen molar-refractivity contribution < 1.29 is 0 Å². The van der Waals surface area contributed by atoms with Gasteiger partial charge in [0.25, 0.3) is 0 Å². The Morgan fingerprint density at radius 3 is 2.93 bits per heavy atom. The van der Waals surface area contributed by atoms with Gasteiger partial charge in [0.1, 0.15) is 0 Å². The molecule has 2 rings (SSSR count). The van der Waals surface area contributed by atoms with Crippen LogP contribution in [0.2, 0.25) is 4.34 Å². The number of hydrogen-bond donors (Lipinski definition) is 2. The van der Waals surface area contributed by atoms with Crippen LogP contribution < -0.4 is 11.1 Å². The first-order valence-electron chi connectivity index (χ1n) is 4.31. The number of nitrogens with zero attached hydrogens (tertiary/aromatic N) is 2. The lowest BCUT2D eigenvalue weighted by atomic mass is 10.3. The van der Waals surface area contributed by atoms with E-state index in [1.807, 2.05) is 12.1 Å². The number of nitrogen functional groups attached to an aromatic ring is 1. The number of nitrogens with two attached hydrogens (primary N) is 1. The van der Waals surface area contributed by atoms with Crippen molar-refractivity contribution in [2.45, 2.75) is 6.42 Å². The second-order valence-corrected chi connectivity index (χ2v) is 5.39. The van der Waals surface area contributed by atoms with Gasteiger partial charge in [-0.15, -0.1) is 11.3 Å². The van der Waals surface area contributed by atoms with Gasteiger partial charge >= 0.3 is 0 Å². The molecule has 0 unspecified atom stereocenters. The Bertz CT molecular complexity index is 399. The van der Waals surface area contributed by atoms with Crippen LogP contribution in [-0.4, -0.2) is 15.9 Å². The molecule has 7 heteroatoms. The van der Waals surface area contributed by atoms with Crippen LogP contribution in [0, 0.1) is 0 Å². The molecule has 0 bridgehead atoms. The number of thiophene rings is 1. The number of hydrogen-bond acceptors (Lipinski definition) is 6. The third-order valence-electron chi connectivity index (χ3n) is 1.72. The van der Waals surface area contributed by atoms with Crippen molar-refractivity contribution in [1.29, 1.82) is 0 Å². The van der Waals surface area contributed by atoms with Gasteiger partial charge in [0.15, 0.2) is 0 Å². The maximum atomic E-state index is 5.82. The summed E-state index contributed by atoms with van der Waals surface area (Å²) in [5.41, 5.74) is 5.40. The maximum absolute atomic E-state index is 5.82. The van der Waals surface area contributed by atoms with Gasteiger partial charge in [-0.3, -0.25) is 0 Å². The second-order valence-electron chi connectivity index (χ2n) is 2.84. The van der Waals surface area contributed by atoms with Crippen LogP contribution in [-0.2, 0) is 6.42 Å². The first kappa shape index (κ1) is 10.7. The Morgan fingerprint density at radius 1 is 1.47 bits per heavy atom. The SMILES string of the molecule is Nc1nsc(NCCc2ccc(Cl)s2)n1. The van der Waals surface area contributed by atoms with Crippen LogP contribution in [0.15, 0.2) is 12.1 Å². The molecule has 0 atom stereocenters. The minimum atomic E-state index is 0.321. The molecule has 0 aliphatic heterocycles. The van der Waals surface area contributed by atoms with E-state index in [0.29, 0.717) is 5.95 Å². The van der Waals surface area contributed by atoms with Crippen LogP contribution in [0.25, 0.3) is 0 Å². The van der Waals surface area contributed by atoms with Crippen molar-refractivity contribution in [1.82, 2.24) is 9.36 Å². The fraction of sp³-hybridized carbons (Fsp3) is 0.250. The lowest BCUT2D eigenvalue weighted by Crippen LogP contribution is -2.03. The van der Waals surface area contributed by atoms with Crippen molar-refractivity contribution in [3.8, 4) is 0 Å². The highest BCUT2D eigenvalue weighted by Gasteiger charge is 2.01. The molecule has 0 aromatic carbocycles. The van der Waals surface area contributed by atoms with E-state index in [1.54, 1.807) is 11.3 Å². The van der Waals surface area contributed by atoms with E-state index < -0.39 is 0 Å². The summed E-state index contributed by atoms with van der Waals surface area (Å²) in [5.74, 6) is 0.321. The van der Waals surface area contributed by atoms with Gasteiger partial charge in [-0.2, -0.15) is 9.36 Å². The van der Waals surface area contributed by atoms with E-state index in [2.05, 4.69) is 14.7 Å². The molecule has 0 aliphatic carbocycles. The minimum absolute atomic E-state index is 0.321. The Balaban J connectivity index is 1.80. The molecule has 4 nitrogen and oxygen atoms in total. The highest BCUT2D eigenvalue weighted by atomic mass is 35.5. The van der Waals surface area contributed by atoms with Crippen LogP contribution in [0.1, 0.15) is 4.88 Å². The summed E-state index contributed by atoms with van der Waals surface area (Å²) in [6.07, 6.45) is 0.927. The summed E-state index contributed by atoms with van der Waals surface area (Å²) in [7, 11) is 0. The topological polar surface area (TPSA) is 63.8 Å². The summed E-state index contributed by atoms with van der Waals surface area (Å²) in [5, 5.41) is 3.91. The quantitative estimate of drug-likeness (QED) is 0.887. The first-order chi connectivity index (χ1) is 7.24.